The van der Waals surface area contributed by atoms with Crippen molar-refractivity contribution in [2.45, 2.75) is 32.5 Å². The Bertz CT molecular complexity index is 963. The molecule has 0 spiro atoms. The molecule has 0 amide bonds. The third-order valence-electron chi connectivity index (χ3n) is 4.56. The zero-order valence-electron chi connectivity index (χ0n) is 16.8. The fourth-order valence-corrected chi connectivity index (χ4v) is 2.82. The number of aryl methyl sites for hydroxylation is 1. The number of nitrogens with zero attached hydrogens (tertiary/aromatic N) is 1. The summed E-state index contributed by atoms with van der Waals surface area (Å²) in [7, 11) is 1.72. The lowest BCUT2D eigenvalue weighted by Gasteiger charge is -2.16. The highest BCUT2D eigenvalue weighted by atomic mass is 19.4. The molecule has 1 fully saturated rings. The van der Waals surface area contributed by atoms with Gasteiger partial charge in [-0.25, -0.2) is 5.43 Å². The number of hydrogen-bond acceptors (Lipinski definition) is 4. The van der Waals surface area contributed by atoms with Gasteiger partial charge in [-0.15, -0.1) is 4.68 Å². The topological polar surface area (TPSA) is 74.4 Å². The highest BCUT2D eigenvalue weighted by Gasteiger charge is 2.32. The summed E-state index contributed by atoms with van der Waals surface area (Å²) in [6, 6.07) is 11.7. The second-order valence-electron chi connectivity index (χ2n) is 6.97. The van der Waals surface area contributed by atoms with Crippen LogP contribution in [-0.4, -0.2) is 18.1 Å². The molecule has 0 atom stereocenters. The normalized spacial score (nSPS) is 13.8. The first-order valence-corrected chi connectivity index (χ1v) is 9.46. The van der Waals surface area contributed by atoms with Crippen molar-refractivity contribution in [1.29, 1.82) is 0 Å². The van der Waals surface area contributed by atoms with Crippen molar-refractivity contribution in [2.75, 3.05) is 12.4 Å². The van der Waals surface area contributed by atoms with E-state index in [-0.39, 0.29) is 12.2 Å². The quantitative estimate of drug-likeness (QED) is 0.130. The minimum absolute atomic E-state index is 0.183. The summed E-state index contributed by atoms with van der Waals surface area (Å²) in [5.41, 5.74) is 8.07. The van der Waals surface area contributed by atoms with Gasteiger partial charge in [-0.3, -0.25) is 5.84 Å². The molecular weight excluding hydrogens is 395 g/mol. The van der Waals surface area contributed by atoms with E-state index in [0.717, 1.165) is 35.7 Å². The van der Waals surface area contributed by atoms with Gasteiger partial charge in [0.2, 0.25) is 0 Å². The average Bonchev–Trinajstić information content (AvgIpc) is 3.55. The lowest BCUT2D eigenvalue weighted by atomic mass is 10.1. The number of halogens is 3. The van der Waals surface area contributed by atoms with E-state index < -0.39 is 11.7 Å². The fourth-order valence-electron chi connectivity index (χ4n) is 2.82. The lowest BCUT2D eigenvalue weighted by Crippen LogP contribution is -2.32. The molecule has 0 radical (unpaired) electrons. The molecule has 0 aliphatic heterocycles. The third kappa shape index (κ3) is 5.66. The smallest absolute Gasteiger partial charge is 0.416 e. The molecule has 6 nitrogen and oxygen atoms in total. The van der Waals surface area contributed by atoms with Gasteiger partial charge in [0.1, 0.15) is 6.61 Å². The molecule has 0 unspecified atom stereocenters. The Balaban J connectivity index is 1.71. The zero-order valence-corrected chi connectivity index (χ0v) is 16.8. The number of hydrazone groups is 1. The summed E-state index contributed by atoms with van der Waals surface area (Å²) < 4.78 is 46.9. The molecule has 2 aromatic carbocycles. The second-order valence-corrected chi connectivity index (χ2v) is 6.97. The first kappa shape index (κ1) is 21.5. The van der Waals surface area contributed by atoms with Crippen molar-refractivity contribution >= 4 is 17.7 Å². The first-order chi connectivity index (χ1) is 14.3. The van der Waals surface area contributed by atoms with Gasteiger partial charge in [0.25, 0.3) is 6.34 Å². The number of benzene rings is 2. The van der Waals surface area contributed by atoms with Crippen LogP contribution in [0.25, 0.3) is 0 Å². The van der Waals surface area contributed by atoms with Gasteiger partial charge in [0, 0.05) is 12.7 Å². The Kier molecular flexibility index (Phi) is 6.51. The minimum atomic E-state index is -4.40. The Morgan fingerprint density at radius 1 is 1.20 bits per heavy atom. The standard InChI is InChI=1S/C21H24F3N5O/c1-14-6-9-17(11-19(14)21(22,23)24)28-20(16-7-8-16)30-12-15-4-3-5-18(10-15)29(25)13-27-26-2/h3-6,9-11,13,26,28H,7-8,12,25H2,1-2H3/p+1. The van der Waals surface area contributed by atoms with Crippen molar-refractivity contribution in [2.24, 2.45) is 5.84 Å². The Morgan fingerprint density at radius 2 is 1.97 bits per heavy atom. The first-order valence-electron chi connectivity index (χ1n) is 9.46. The highest BCUT2D eigenvalue weighted by molar-refractivity contribution is 5.53. The van der Waals surface area contributed by atoms with Crippen LogP contribution in [0.3, 0.4) is 0 Å². The van der Waals surface area contributed by atoms with Gasteiger partial charge in [-0.2, -0.15) is 18.6 Å². The summed E-state index contributed by atoms with van der Waals surface area (Å²) in [5, 5.41) is 3.01. The van der Waals surface area contributed by atoms with E-state index in [2.05, 4.69) is 16.2 Å². The van der Waals surface area contributed by atoms with Crippen LogP contribution in [0.4, 0.5) is 24.5 Å². The Hall–Kier alpha value is -3.20. The number of nitrogens with one attached hydrogen (secondary N) is 3. The number of nitrogens with two attached hydrogens (primary N) is 1. The van der Waals surface area contributed by atoms with Crippen molar-refractivity contribution in [3.63, 3.8) is 0 Å². The summed E-state index contributed by atoms with van der Waals surface area (Å²) >= 11 is 0. The van der Waals surface area contributed by atoms with Crippen molar-refractivity contribution in [1.82, 2.24) is 10.9 Å². The van der Waals surface area contributed by atoms with Gasteiger partial charge >= 0.3 is 6.18 Å². The van der Waals surface area contributed by atoms with Crippen LogP contribution in [0.15, 0.2) is 53.9 Å². The largest absolute Gasteiger partial charge is 0.474 e. The molecule has 1 aliphatic carbocycles. The average molecular weight is 420 g/mol. The van der Waals surface area contributed by atoms with Gasteiger partial charge < -0.3 is 10.1 Å². The molecule has 0 heterocycles. The van der Waals surface area contributed by atoms with Gasteiger partial charge in [0.05, 0.1) is 5.56 Å². The molecule has 3 rings (SSSR count). The van der Waals surface area contributed by atoms with Crippen LogP contribution < -0.4 is 22.0 Å². The molecule has 9 heteroatoms. The molecule has 0 bridgehead atoms. The molecule has 30 heavy (non-hydrogen) atoms. The van der Waals surface area contributed by atoms with Crippen molar-refractivity contribution in [3.05, 3.63) is 70.6 Å². The van der Waals surface area contributed by atoms with Crippen LogP contribution in [0.1, 0.15) is 29.5 Å². The number of hydrazine groups is 2. The number of ether oxygens (including phenoxy) is 1. The zero-order chi connectivity index (χ0) is 21.7. The van der Waals surface area contributed by atoms with Crippen LogP contribution >= 0.6 is 0 Å². The number of allylic oxidation sites excluding steroid dienone is 1. The molecule has 0 saturated heterocycles. The fraction of sp³-hybridized carbons (Fsp3) is 0.286. The highest BCUT2D eigenvalue weighted by Crippen LogP contribution is 2.36. The van der Waals surface area contributed by atoms with Crippen LogP contribution in [0, 0.1) is 6.92 Å². The Morgan fingerprint density at radius 3 is 2.63 bits per heavy atom. The van der Waals surface area contributed by atoms with Crippen LogP contribution in [-0.2, 0) is 17.5 Å². The Labute approximate surface area is 173 Å². The number of anilines is 1. The second kappa shape index (κ2) is 9.08. The molecule has 2 aromatic rings. The maximum Gasteiger partial charge on any atom is 0.416 e. The van der Waals surface area contributed by atoms with Gasteiger partial charge in [-0.05, 0) is 60.7 Å². The predicted octanol–water partition coefficient (Wildman–Crippen LogP) is 3.92. The molecule has 0 aromatic heterocycles. The van der Waals surface area contributed by atoms with E-state index in [4.69, 9.17) is 10.6 Å². The van der Waals surface area contributed by atoms with Crippen LogP contribution in [0.5, 0.6) is 0 Å². The molecule has 160 valence electrons. The van der Waals surface area contributed by atoms with E-state index in [1.807, 2.05) is 24.3 Å². The van der Waals surface area contributed by atoms with Gasteiger partial charge in [-0.1, -0.05) is 18.2 Å². The minimum Gasteiger partial charge on any atom is -0.474 e. The van der Waals surface area contributed by atoms with E-state index in [0.29, 0.717) is 11.6 Å². The molecule has 1 saturated carbocycles. The molecule has 1 aliphatic rings. The number of hydrogen-bond donors (Lipinski definition) is 4. The van der Waals surface area contributed by atoms with Crippen molar-refractivity contribution in [3.8, 4) is 0 Å². The van der Waals surface area contributed by atoms with Gasteiger partial charge in [0.15, 0.2) is 11.6 Å². The maximum absolute atomic E-state index is 13.2. The number of rotatable bonds is 8. The van der Waals surface area contributed by atoms with E-state index in [9.17, 15) is 13.2 Å². The van der Waals surface area contributed by atoms with E-state index in [1.54, 1.807) is 19.5 Å². The molecular formula is C21H25F3N5O+. The summed E-state index contributed by atoms with van der Waals surface area (Å²) in [6.45, 7) is 1.70. The SMILES string of the molecule is CNNC=[N+](N)c1cccc(COC(Nc2ccc(C)c(C(F)(F)F)c2)=C2CC2)c1. The van der Waals surface area contributed by atoms with E-state index >= 15 is 0 Å². The predicted molar refractivity (Wildman–Crippen MR) is 110 cm³/mol. The number of alkyl halides is 3. The molecule has 5 N–H and O–H groups in total. The third-order valence-corrected chi connectivity index (χ3v) is 4.56. The maximum atomic E-state index is 13.2. The monoisotopic (exact) mass is 420 g/mol. The van der Waals surface area contributed by atoms with Crippen molar-refractivity contribution < 1.29 is 22.6 Å². The lowest BCUT2D eigenvalue weighted by molar-refractivity contribution is -0.449. The summed E-state index contributed by atoms with van der Waals surface area (Å²) in [5.74, 6) is 6.45. The van der Waals surface area contributed by atoms with Crippen LogP contribution in [0.2, 0.25) is 0 Å². The van der Waals surface area contributed by atoms with E-state index in [1.165, 1.54) is 17.7 Å². The summed E-state index contributed by atoms with van der Waals surface area (Å²) in [4.78, 5) is 0. The summed E-state index contributed by atoms with van der Waals surface area (Å²) in [6.07, 6.45) is -1.11.